The van der Waals surface area contributed by atoms with Crippen molar-refractivity contribution in [2.75, 3.05) is 0 Å². The number of hydrogen-bond acceptors (Lipinski definition) is 3. The normalized spacial score (nSPS) is 10.0. The Hall–Kier alpha value is -1.88. The lowest BCUT2D eigenvalue weighted by Crippen LogP contribution is -2.36. The minimum Gasteiger partial charge on any atom is -0.369 e. The van der Waals surface area contributed by atoms with Gasteiger partial charge in [0.1, 0.15) is 0 Å². The fourth-order valence-corrected chi connectivity index (χ4v) is 1.15. The Morgan fingerprint density at radius 1 is 1.27 bits per heavy atom. The molecule has 0 bridgehead atoms. The van der Waals surface area contributed by atoms with Crippen molar-refractivity contribution in [3.63, 3.8) is 0 Å². The lowest BCUT2D eigenvalue weighted by Gasteiger charge is -2.09. The average Bonchev–Trinajstić information content (AvgIpc) is 2.26. The predicted molar refractivity (Wildman–Crippen MR) is 52.5 cm³/mol. The van der Waals surface area contributed by atoms with E-state index in [-0.39, 0.29) is 12.3 Å². The Kier molecular flexibility index (Phi) is 3.82. The fourth-order valence-electron chi connectivity index (χ4n) is 1.15. The number of nitrogens with one attached hydrogen (secondary N) is 1. The first-order valence-electron chi connectivity index (χ1n) is 4.29. The van der Waals surface area contributed by atoms with Crippen LogP contribution in [0.15, 0.2) is 30.3 Å². The van der Waals surface area contributed by atoms with Gasteiger partial charge in [-0.05, 0) is 12.0 Å². The zero-order chi connectivity index (χ0) is 11.3. The van der Waals surface area contributed by atoms with Crippen LogP contribution in [0.5, 0.6) is 0 Å². The molecule has 1 radical (unpaired) electrons. The van der Waals surface area contributed by atoms with Gasteiger partial charge < -0.3 is 5.73 Å². The summed E-state index contributed by atoms with van der Waals surface area (Å²) in [5.74, 6) is -1.89. The van der Waals surface area contributed by atoms with Crippen LogP contribution in [-0.4, -0.2) is 17.0 Å². The Balaban J connectivity index is 2.76. The second-order valence-corrected chi connectivity index (χ2v) is 2.95. The average molecular weight is 207 g/mol. The highest BCUT2D eigenvalue weighted by Gasteiger charge is 2.25. The molecule has 0 aromatic heterocycles. The van der Waals surface area contributed by atoms with Gasteiger partial charge >= 0.3 is 0 Å². The molecule has 2 amide bonds. The second kappa shape index (κ2) is 5.11. The topological polar surface area (TPSA) is 92.4 Å². The third kappa shape index (κ3) is 3.07. The second-order valence-electron chi connectivity index (χ2n) is 2.95. The molecule has 0 saturated heterocycles. The lowest BCUT2D eigenvalue weighted by molar-refractivity contribution is -0.131. The van der Waals surface area contributed by atoms with Gasteiger partial charge in [-0.2, -0.15) is 0 Å². The number of nitrogens with two attached hydrogens (primary N) is 1. The molecule has 0 aliphatic heterocycles. The molecule has 0 aliphatic rings. The van der Waals surface area contributed by atoms with Crippen molar-refractivity contribution in [3.8, 4) is 0 Å². The molecule has 0 atom stereocenters. The first-order valence-corrected chi connectivity index (χ1v) is 4.29. The molecule has 0 aliphatic carbocycles. The maximum atomic E-state index is 11.1. The van der Waals surface area contributed by atoms with Gasteiger partial charge in [-0.15, -0.1) is 0 Å². The van der Waals surface area contributed by atoms with E-state index in [0.717, 1.165) is 5.56 Å². The molecular weight excluding hydrogens is 196 g/mol. The largest absolute Gasteiger partial charge is 0.369 e. The molecular formula is C10H11N2O3. The molecule has 15 heavy (non-hydrogen) atoms. The molecule has 0 saturated carbocycles. The van der Waals surface area contributed by atoms with Gasteiger partial charge in [-0.25, -0.2) is 5.48 Å². The summed E-state index contributed by atoms with van der Waals surface area (Å²) >= 11 is 0. The standard InChI is InChI=1S/C10H11N2O3/c11-9(13)8(10(14)12-15)6-7-4-2-1-3-5-7/h1-5,15H,6H2,(H2,11,13)(H,12,14). The molecule has 1 aromatic rings. The van der Waals surface area contributed by atoms with Crippen molar-refractivity contribution in [2.24, 2.45) is 5.73 Å². The highest BCUT2D eigenvalue weighted by Crippen LogP contribution is 2.10. The van der Waals surface area contributed by atoms with Crippen molar-refractivity contribution < 1.29 is 14.8 Å². The summed E-state index contributed by atoms with van der Waals surface area (Å²) in [6, 6.07) is 8.90. The van der Waals surface area contributed by atoms with Gasteiger partial charge in [0.15, 0.2) is 5.92 Å². The number of hydrogen-bond donors (Lipinski definition) is 3. The molecule has 0 unspecified atom stereocenters. The summed E-state index contributed by atoms with van der Waals surface area (Å²) in [7, 11) is 0. The third-order valence-electron chi connectivity index (χ3n) is 1.90. The van der Waals surface area contributed by atoms with Crippen LogP contribution in [0.4, 0.5) is 0 Å². The molecule has 0 spiro atoms. The van der Waals surface area contributed by atoms with Crippen LogP contribution in [-0.2, 0) is 16.0 Å². The summed E-state index contributed by atoms with van der Waals surface area (Å²) in [5.41, 5.74) is 7.18. The third-order valence-corrected chi connectivity index (χ3v) is 1.90. The number of hydroxylamine groups is 1. The van der Waals surface area contributed by atoms with E-state index in [2.05, 4.69) is 0 Å². The van der Waals surface area contributed by atoms with E-state index in [4.69, 9.17) is 10.9 Å². The zero-order valence-corrected chi connectivity index (χ0v) is 7.93. The summed E-state index contributed by atoms with van der Waals surface area (Å²) in [4.78, 5) is 22.0. The summed E-state index contributed by atoms with van der Waals surface area (Å²) < 4.78 is 0. The highest BCUT2D eigenvalue weighted by atomic mass is 16.5. The van der Waals surface area contributed by atoms with Crippen LogP contribution in [0.2, 0.25) is 0 Å². The van der Waals surface area contributed by atoms with Gasteiger partial charge in [0, 0.05) is 0 Å². The maximum absolute atomic E-state index is 11.1. The Labute approximate surface area is 86.9 Å². The van der Waals surface area contributed by atoms with Gasteiger partial charge in [-0.1, -0.05) is 30.3 Å². The first kappa shape index (κ1) is 11.2. The lowest BCUT2D eigenvalue weighted by atomic mass is 9.98. The number of carbonyl (C=O) groups is 2. The van der Waals surface area contributed by atoms with E-state index in [1.165, 1.54) is 5.48 Å². The van der Waals surface area contributed by atoms with Crippen molar-refractivity contribution in [1.29, 1.82) is 0 Å². The molecule has 0 heterocycles. The number of amides is 2. The minimum atomic E-state index is -0.869. The maximum Gasteiger partial charge on any atom is 0.261 e. The van der Waals surface area contributed by atoms with Crippen molar-refractivity contribution in [1.82, 2.24) is 5.48 Å². The van der Waals surface area contributed by atoms with E-state index in [0.29, 0.717) is 0 Å². The first-order chi connectivity index (χ1) is 7.15. The highest BCUT2D eigenvalue weighted by molar-refractivity contribution is 6.13. The summed E-state index contributed by atoms with van der Waals surface area (Å²) in [6.45, 7) is 0. The van der Waals surface area contributed by atoms with E-state index < -0.39 is 11.8 Å². The summed E-state index contributed by atoms with van der Waals surface area (Å²) in [5, 5.41) is 8.40. The van der Waals surface area contributed by atoms with Crippen LogP contribution in [0.25, 0.3) is 0 Å². The van der Waals surface area contributed by atoms with Gasteiger partial charge in [-0.3, -0.25) is 14.8 Å². The summed E-state index contributed by atoms with van der Waals surface area (Å²) in [6.07, 6.45) is 0.0998. The molecule has 5 nitrogen and oxygen atoms in total. The quantitative estimate of drug-likeness (QED) is 0.362. The number of rotatable bonds is 4. The van der Waals surface area contributed by atoms with E-state index in [1.807, 2.05) is 6.07 Å². The van der Waals surface area contributed by atoms with Gasteiger partial charge in [0.25, 0.3) is 5.91 Å². The molecule has 5 heteroatoms. The minimum absolute atomic E-state index is 0.0998. The molecule has 0 fully saturated rings. The van der Waals surface area contributed by atoms with E-state index >= 15 is 0 Å². The van der Waals surface area contributed by atoms with E-state index in [1.54, 1.807) is 24.3 Å². The number of primary amides is 1. The van der Waals surface area contributed by atoms with Crippen molar-refractivity contribution >= 4 is 11.8 Å². The Morgan fingerprint density at radius 3 is 2.33 bits per heavy atom. The number of carbonyl (C=O) groups excluding carboxylic acids is 2. The monoisotopic (exact) mass is 207 g/mol. The van der Waals surface area contributed by atoms with Gasteiger partial charge in [0.05, 0.1) is 0 Å². The molecule has 4 N–H and O–H groups in total. The molecule has 79 valence electrons. The van der Waals surface area contributed by atoms with Crippen LogP contribution >= 0.6 is 0 Å². The zero-order valence-electron chi connectivity index (χ0n) is 7.93. The van der Waals surface area contributed by atoms with Crippen LogP contribution < -0.4 is 11.2 Å². The smallest absolute Gasteiger partial charge is 0.261 e. The Morgan fingerprint density at radius 2 is 1.87 bits per heavy atom. The number of benzene rings is 1. The van der Waals surface area contributed by atoms with Gasteiger partial charge in [0.2, 0.25) is 5.91 Å². The van der Waals surface area contributed by atoms with Crippen molar-refractivity contribution in [2.45, 2.75) is 6.42 Å². The fraction of sp³-hybridized carbons (Fsp3) is 0.100. The van der Waals surface area contributed by atoms with Crippen LogP contribution in [0, 0.1) is 5.92 Å². The molecule has 1 aromatic carbocycles. The Bertz CT molecular complexity index is 351. The SMILES string of the molecule is NC(=O)[C](Cc1ccccc1)C(=O)NO. The van der Waals surface area contributed by atoms with Crippen LogP contribution in [0.1, 0.15) is 5.56 Å². The van der Waals surface area contributed by atoms with Crippen LogP contribution in [0.3, 0.4) is 0 Å². The predicted octanol–water partition coefficient (Wildman–Crippen LogP) is -0.206. The van der Waals surface area contributed by atoms with Crippen molar-refractivity contribution in [3.05, 3.63) is 41.8 Å². The van der Waals surface area contributed by atoms with E-state index in [9.17, 15) is 9.59 Å². The molecule has 1 rings (SSSR count).